The van der Waals surface area contributed by atoms with Gasteiger partial charge in [-0.25, -0.2) is 4.98 Å². The molecule has 0 N–H and O–H groups in total. The van der Waals surface area contributed by atoms with Crippen LogP contribution in [0.3, 0.4) is 0 Å². The molecule has 0 bridgehead atoms. The Morgan fingerprint density at radius 1 is 1.07 bits per heavy atom. The molecule has 0 aliphatic carbocycles. The van der Waals surface area contributed by atoms with Gasteiger partial charge in [-0.3, -0.25) is 9.78 Å². The molecule has 1 aromatic carbocycles. The van der Waals surface area contributed by atoms with E-state index in [0.717, 1.165) is 41.7 Å². The molecule has 0 amide bonds. The van der Waals surface area contributed by atoms with Crippen LogP contribution >= 0.6 is 0 Å². The predicted octanol–water partition coefficient (Wildman–Crippen LogP) is 2.59. The number of hydrogen-bond acceptors (Lipinski definition) is 6. The first-order chi connectivity index (χ1) is 13.2. The zero-order valence-electron chi connectivity index (χ0n) is 15.2. The number of nitrogens with zero attached hydrogens (tertiary/aromatic N) is 3. The highest BCUT2D eigenvalue weighted by atomic mass is 16.6. The van der Waals surface area contributed by atoms with Gasteiger partial charge in [0.15, 0.2) is 11.5 Å². The molecule has 0 fully saturated rings. The monoisotopic (exact) mass is 367 g/mol. The molecule has 1 aliphatic heterocycles. The van der Waals surface area contributed by atoms with Crippen LogP contribution in [-0.4, -0.2) is 34.9 Å². The Bertz CT molecular complexity index is 1020. The van der Waals surface area contributed by atoms with E-state index in [0.29, 0.717) is 31.3 Å². The summed E-state index contributed by atoms with van der Waals surface area (Å²) in [4.78, 5) is 20.9. The summed E-state index contributed by atoms with van der Waals surface area (Å²) in [7, 11) is 1.61. The molecule has 0 spiro atoms. The third-order valence-corrected chi connectivity index (χ3v) is 4.60. The number of aryl methyl sites for hydroxylation is 2. The first-order valence-electron chi connectivity index (χ1n) is 9.03. The molecule has 0 atom stereocenters. The summed E-state index contributed by atoms with van der Waals surface area (Å²) in [6, 6.07) is 7.50. The maximum atomic E-state index is 12.3. The molecule has 2 aromatic heterocycles. The Kier molecular flexibility index (Phi) is 4.91. The Balaban J connectivity index is 1.43. The van der Waals surface area contributed by atoms with E-state index in [1.54, 1.807) is 17.9 Å². The van der Waals surface area contributed by atoms with Crippen LogP contribution in [0.25, 0.3) is 11.0 Å². The van der Waals surface area contributed by atoms with Gasteiger partial charge in [-0.15, -0.1) is 0 Å². The summed E-state index contributed by atoms with van der Waals surface area (Å²) in [5, 5.41) is 0. The average molecular weight is 367 g/mol. The smallest absolute Gasteiger partial charge is 0.269 e. The minimum atomic E-state index is -0.104. The highest BCUT2D eigenvalue weighted by Crippen LogP contribution is 2.29. The van der Waals surface area contributed by atoms with E-state index in [9.17, 15) is 4.79 Å². The van der Waals surface area contributed by atoms with E-state index in [-0.39, 0.29) is 5.56 Å². The van der Waals surface area contributed by atoms with Gasteiger partial charge in [0, 0.05) is 24.4 Å². The van der Waals surface area contributed by atoms with Crippen molar-refractivity contribution < 1.29 is 14.2 Å². The molecule has 3 heterocycles. The number of ether oxygens (including phenoxy) is 3. The van der Waals surface area contributed by atoms with Crippen LogP contribution < -0.4 is 19.8 Å². The van der Waals surface area contributed by atoms with Gasteiger partial charge in [0.1, 0.15) is 19.0 Å². The van der Waals surface area contributed by atoms with Crippen molar-refractivity contribution in [1.82, 2.24) is 14.5 Å². The molecule has 140 valence electrons. The van der Waals surface area contributed by atoms with E-state index in [1.165, 1.54) is 6.20 Å². The summed E-state index contributed by atoms with van der Waals surface area (Å²) >= 11 is 0. The second kappa shape index (κ2) is 7.65. The fourth-order valence-corrected chi connectivity index (χ4v) is 3.20. The second-order valence-electron chi connectivity index (χ2n) is 6.38. The van der Waals surface area contributed by atoms with Crippen LogP contribution in [0.2, 0.25) is 0 Å². The highest BCUT2D eigenvalue weighted by Gasteiger charge is 2.12. The molecule has 0 saturated heterocycles. The SMILES string of the molecule is COc1ccc2ncc(=O)n(CCCCc3cc4c(cn3)OCCO4)c2c1. The highest BCUT2D eigenvalue weighted by molar-refractivity contribution is 5.76. The maximum Gasteiger partial charge on any atom is 0.269 e. The molecule has 7 nitrogen and oxygen atoms in total. The number of hydrogen-bond donors (Lipinski definition) is 0. The predicted molar refractivity (Wildman–Crippen MR) is 101 cm³/mol. The van der Waals surface area contributed by atoms with Crippen molar-refractivity contribution in [2.24, 2.45) is 0 Å². The summed E-state index contributed by atoms with van der Waals surface area (Å²) in [6.45, 7) is 1.75. The molecule has 27 heavy (non-hydrogen) atoms. The standard InChI is InChI=1S/C20H21N3O4/c1-25-15-5-6-16-17(11-15)23(20(24)13-22-16)7-3-2-4-14-10-18-19(12-21-14)27-9-8-26-18/h5-6,10-13H,2-4,7-9H2,1H3. The van der Waals surface area contributed by atoms with Crippen molar-refractivity contribution in [3.8, 4) is 17.2 Å². The summed E-state index contributed by atoms with van der Waals surface area (Å²) in [5.41, 5.74) is 2.43. The minimum absolute atomic E-state index is 0.104. The van der Waals surface area contributed by atoms with Crippen molar-refractivity contribution in [1.29, 1.82) is 0 Å². The Hall–Kier alpha value is -3.09. The molecular weight excluding hydrogens is 346 g/mol. The molecular formula is C20H21N3O4. The van der Waals surface area contributed by atoms with E-state index in [2.05, 4.69) is 9.97 Å². The van der Waals surface area contributed by atoms with Gasteiger partial charge >= 0.3 is 0 Å². The summed E-state index contributed by atoms with van der Waals surface area (Å²) in [6.07, 6.45) is 5.67. The fraction of sp³-hybridized carbons (Fsp3) is 0.350. The largest absolute Gasteiger partial charge is 0.497 e. The zero-order valence-corrected chi connectivity index (χ0v) is 15.2. The summed E-state index contributed by atoms with van der Waals surface area (Å²) in [5.74, 6) is 2.17. The lowest BCUT2D eigenvalue weighted by atomic mass is 10.1. The van der Waals surface area contributed by atoms with Gasteiger partial charge in [-0.2, -0.15) is 0 Å². The molecule has 0 radical (unpaired) electrons. The van der Waals surface area contributed by atoms with Gasteiger partial charge in [0.2, 0.25) is 0 Å². The number of methoxy groups -OCH3 is 1. The first kappa shape index (κ1) is 17.3. The molecule has 7 heteroatoms. The number of aromatic nitrogens is 3. The fourth-order valence-electron chi connectivity index (χ4n) is 3.20. The second-order valence-corrected chi connectivity index (χ2v) is 6.38. The lowest BCUT2D eigenvalue weighted by Crippen LogP contribution is -2.20. The molecule has 3 aromatic rings. The third-order valence-electron chi connectivity index (χ3n) is 4.60. The maximum absolute atomic E-state index is 12.3. The van der Waals surface area contributed by atoms with Gasteiger partial charge in [-0.1, -0.05) is 0 Å². The Morgan fingerprint density at radius 3 is 2.78 bits per heavy atom. The van der Waals surface area contributed by atoms with Crippen molar-refractivity contribution in [2.75, 3.05) is 20.3 Å². The van der Waals surface area contributed by atoms with Crippen LogP contribution in [0.1, 0.15) is 18.5 Å². The van der Waals surface area contributed by atoms with E-state index in [1.807, 2.05) is 24.3 Å². The normalized spacial score (nSPS) is 12.9. The topological polar surface area (TPSA) is 75.5 Å². The van der Waals surface area contributed by atoms with Gasteiger partial charge in [0.05, 0.1) is 30.5 Å². The van der Waals surface area contributed by atoms with Crippen LogP contribution in [0.4, 0.5) is 0 Å². The Morgan fingerprint density at radius 2 is 1.93 bits per heavy atom. The molecule has 1 aliphatic rings. The van der Waals surface area contributed by atoms with Crippen molar-refractivity contribution in [3.63, 3.8) is 0 Å². The van der Waals surface area contributed by atoms with Gasteiger partial charge in [0.25, 0.3) is 5.56 Å². The quantitative estimate of drug-likeness (QED) is 0.624. The van der Waals surface area contributed by atoms with E-state index in [4.69, 9.17) is 14.2 Å². The van der Waals surface area contributed by atoms with Gasteiger partial charge in [-0.05, 0) is 31.4 Å². The first-order valence-corrected chi connectivity index (χ1v) is 9.03. The van der Waals surface area contributed by atoms with E-state index < -0.39 is 0 Å². The lowest BCUT2D eigenvalue weighted by molar-refractivity contribution is 0.170. The van der Waals surface area contributed by atoms with Crippen LogP contribution in [0.5, 0.6) is 17.2 Å². The van der Waals surface area contributed by atoms with Crippen LogP contribution in [0, 0.1) is 0 Å². The molecule has 0 unspecified atom stereocenters. The number of pyridine rings is 1. The minimum Gasteiger partial charge on any atom is -0.497 e. The lowest BCUT2D eigenvalue weighted by Gasteiger charge is -2.18. The van der Waals surface area contributed by atoms with Crippen molar-refractivity contribution in [2.45, 2.75) is 25.8 Å². The molecule has 0 saturated carbocycles. The van der Waals surface area contributed by atoms with Crippen molar-refractivity contribution in [3.05, 3.63) is 52.7 Å². The zero-order chi connectivity index (χ0) is 18.6. The number of fused-ring (bicyclic) bond motifs is 2. The van der Waals surface area contributed by atoms with Crippen LogP contribution in [-0.2, 0) is 13.0 Å². The molecule has 4 rings (SSSR count). The van der Waals surface area contributed by atoms with Crippen LogP contribution in [0.15, 0.2) is 41.5 Å². The number of benzene rings is 1. The van der Waals surface area contributed by atoms with Gasteiger partial charge < -0.3 is 18.8 Å². The number of rotatable bonds is 6. The Labute approximate surface area is 156 Å². The number of unbranched alkanes of at least 4 members (excludes halogenated alkanes) is 1. The van der Waals surface area contributed by atoms with E-state index >= 15 is 0 Å². The van der Waals surface area contributed by atoms with Crippen molar-refractivity contribution >= 4 is 11.0 Å². The average Bonchev–Trinajstić information content (AvgIpc) is 2.72. The third kappa shape index (κ3) is 3.72. The summed E-state index contributed by atoms with van der Waals surface area (Å²) < 4.78 is 18.1.